The molecular formula is C25H29FN4O5. The monoisotopic (exact) mass is 484 g/mol. The van der Waals surface area contributed by atoms with Gasteiger partial charge in [-0.15, -0.1) is 0 Å². The molecule has 9 nitrogen and oxygen atoms in total. The number of halogens is 1. The summed E-state index contributed by atoms with van der Waals surface area (Å²) in [6.07, 6.45) is 5.95. The van der Waals surface area contributed by atoms with Crippen molar-refractivity contribution in [1.82, 2.24) is 20.4 Å². The summed E-state index contributed by atoms with van der Waals surface area (Å²) in [5.74, 6) is -1.51. The Morgan fingerprint density at radius 3 is 2.83 bits per heavy atom. The van der Waals surface area contributed by atoms with Crippen LogP contribution in [0.25, 0.3) is 11.0 Å². The zero-order valence-electron chi connectivity index (χ0n) is 19.8. The maximum absolute atomic E-state index is 15.7. The second-order valence-electron chi connectivity index (χ2n) is 9.28. The van der Waals surface area contributed by atoms with Gasteiger partial charge in [0.25, 0.3) is 5.91 Å². The van der Waals surface area contributed by atoms with E-state index in [2.05, 4.69) is 20.4 Å². The number of amides is 1. The third-order valence-corrected chi connectivity index (χ3v) is 7.30. The molecule has 1 saturated carbocycles. The maximum Gasteiger partial charge on any atom is 0.311 e. The van der Waals surface area contributed by atoms with Crippen molar-refractivity contribution in [2.24, 2.45) is 11.8 Å². The van der Waals surface area contributed by atoms with Gasteiger partial charge in [-0.25, -0.2) is 9.37 Å². The van der Waals surface area contributed by atoms with Crippen molar-refractivity contribution in [3.05, 3.63) is 46.9 Å². The van der Waals surface area contributed by atoms with E-state index in [1.54, 1.807) is 12.1 Å². The zero-order chi connectivity index (χ0) is 24.5. The molecule has 1 saturated heterocycles. The van der Waals surface area contributed by atoms with Crippen LogP contribution in [0.3, 0.4) is 0 Å². The van der Waals surface area contributed by atoms with E-state index in [1.165, 1.54) is 13.4 Å². The molecule has 3 aromatic rings. The number of aromatic nitrogens is 3. The SMILES string of the molecule is CCc1nocc1C(=O)N[C@H](c1nc2c(F)c(C3COCC3C(=O)OC)ccc2[nH]1)C1CCCC1. The number of carbonyl (C=O) groups excluding carboxylic acids is 2. The van der Waals surface area contributed by atoms with Crippen LogP contribution in [-0.2, 0) is 20.7 Å². The first-order valence-electron chi connectivity index (χ1n) is 12.1. The van der Waals surface area contributed by atoms with Gasteiger partial charge in [0.15, 0.2) is 5.82 Å². The average molecular weight is 485 g/mol. The minimum atomic E-state index is -0.563. The van der Waals surface area contributed by atoms with Crippen LogP contribution in [0.2, 0.25) is 0 Å². The Morgan fingerprint density at radius 2 is 2.09 bits per heavy atom. The number of hydrogen-bond donors (Lipinski definition) is 2. The molecule has 1 aliphatic heterocycles. The summed E-state index contributed by atoms with van der Waals surface area (Å²) in [5.41, 5.74) is 2.08. The minimum absolute atomic E-state index is 0.180. The number of fused-ring (bicyclic) bond motifs is 1. The molecule has 1 aliphatic carbocycles. The van der Waals surface area contributed by atoms with Crippen molar-refractivity contribution in [2.75, 3.05) is 20.3 Å². The Labute approximate surface area is 201 Å². The van der Waals surface area contributed by atoms with Gasteiger partial charge in [0.1, 0.15) is 23.2 Å². The van der Waals surface area contributed by atoms with Crippen molar-refractivity contribution < 1.29 is 28.0 Å². The highest BCUT2D eigenvalue weighted by molar-refractivity contribution is 5.95. The van der Waals surface area contributed by atoms with E-state index in [0.29, 0.717) is 34.6 Å². The number of imidazole rings is 1. The van der Waals surface area contributed by atoms with Crippen molar-refractivity contribution in [2.45, 2.75) is 51.0 Å². The van der Waals surface area contributed by atoms with Gasteiger partial charge in [-0.3, -0.25) is 9.59 Å². The van der Waals surface area contributed by atoms with E-state index in [9.17, 15) is 9.59 Å². The number of ether oxygens (including phenoxy) is 2. The lowest BCUT2D eigenvalue weighted by atomic mass is 9.88. The Balaban J connectivity index is 1.48. The summed E-state index contributed by atoms with van der Waals surface area (Å²) in [7, 11) is 1.32. The van der Waals surface area contributed by atoms with Gasteiger partial charge in [-0.1, -0.05) is 31.0 Å². The van der Waals surface area contributed by atoms with Gasteiger partial charge in [-0.2, -0.15) is 0 Å². The summed E-state index contributed by atoms with van der Waals surface area (Å²) in [5, 5.41) is 7.00. The molecule has 2 fully saturated rings. The quantitative estimate of drug-likeness (QED) is 0.489. The van der Waals surface area contributed by atoms with Crippen LogP contribution >= 0.6 is 0 Å². The molecule has 5 rings (SSSR count). The van der Waals surface area contributed by atoms with Crippen LogP contribution in [0, 0.1) is 17.7 Å². The smallest absolute Gasteiger partial charge is 0.311 e. The molecule has 35 heavy (non-hydrogen) atoms. The Kier molecular flexibility index (Phi) is 6.55. The first-order chi connectivity index (χ1) is 17.0. The Bertz CT molecular complexity index is 1230. The first-order valence-corrected chi connectivity index (χ1v) is 12.1. The highest BCUT2D eigenvalue weighted by Crippen LogP contribution is 2.38. The van der Waals surface area contributed by atoms with Crippen LogP contribution in [0.15, 0.2) is 22.9 Å². The standard InChI is InChI=1S/C25H29FN4O5/c1-3-18-17(12-35-30-18)24(31)29-21(13-6-4-5-7-13)23-27-19-9-8-14(20(26)22(19)28-23)15-10-34-11-16(15)25(32)33-2/h8-9,12-13,15-16,21H,3-7,10-11H2,1-2H3,(H,27,28)(H,29,31)/t15?,16?,21-/m0/s1. The van der Waals surface area contributed by atoms with Crippen LogP contribution in [0.5, 0.6) is 0 Å². The summed E-state index contributed by atoms with van der Waals surface area (Å²) in [6, 6.07) is 3.03. The van der Waals surface area contributed by atoms with E-state index >= 15 is 4.39 Å². The number of methoxy groups -OCH3 is 1. The summed E-state index contributed by atoms with van der Waals surface area (Å²) < 4.78 is 31.0. The van der Waals surface area contributed by atoms with Crippen molar-refractivity contribution in [3.63, 3.8) is 0 Å². The number of benzene rings is 1. The van der Waals surface area contributed by atoms with E-state index < -0.39 is 29.7 Å². The fourth-order valence-electron chi connectivity index (χ4n) is 5.37. The molecule has 0 spiro atoms. The van der Waals surface area contributed by atoms with Gasteiger partial charge >= 0.3 is 5.97 Å². The van der Waals surface area contributed by atoms with Gasteiger partial charge in [0, 0.05) is 5.92 Å². The predicted octanol–water partition coefficient (Wildman–Crippen LogP) is 3.82. The normalized spacial score (nSPS) is 21.5. The molecule has 1 aromatic carbocycles. The summed E-state index contributed by atoms with van der Waals surface area (Å²) in [6.45, 7) is 2.33. The number of nitrogens with one attached hydrogen (secondary N) is 2. The second-order valence-corrected chi connectivity index (χ2v) is 9.28. The molecule has 3 atom stereocenters. The molecule has 0 radical (unpaired) electrons. The van der Waals surface area contributed by atoms with Crippen LogP contribution in [0.1, 0.15) is 72.0 Å². The van der Waals surface area contributed by atoms with E-state index in [4.69, 9.17) is 14.0 Å². The molecule has 2 aliphatic rings. The van der Waals surface area contributed by atoms with E-state index in [-0.39, 0.29) is 30.6 Å². The Hall–Kier alpha value is -3.27. The molecule has 2 unspecified atom stereocenters. The van der Waals surface area contributed by atoms with Crippen molar-refractivity contribution in [1.29, 1.82) is 0 Å². The number of carbonyl (C=O) groups is 2. The zero-order valence-corrected chi connectivity index (χ0v) is 19.8. The Morgan fingerprint density at radius 1 is 1.29 bits per heavy atom. The minimum Gasteiger partial charge on any atom is -0.469 e. The lowest BCUT2D eigenvalue weighted by Crippen LogP contribution is -2.33. The third kappa shape index (κ3) is 4.31. The van der Waals surface area contributed by atoms with E-state index in [0.717, 1.165) is 25.7 Å². The highest BCUT2D eigenvalue weighted by atomic mass is 19.1. The molecule has 0 bridgehead atoms. The maximum atomic E-state index is 15.7. The number of H-pyrrole nitrogens is 1. The third-order valence-electron chi connectivity index (χ3n) is 7.30. The molecule has 10 heteroatoms. The number of aromatic amines is 1. The molecular weight excluding hydrogens is 455 g/mol. The summed E-state index contributed by atoms with van der Waals surface area (Å²) in [4.78, 5) is 33.1. The topological polar surface area (TPSA) is 119 Å². The number of aryl methyl sites for hydroxylation is 1. The molecule has 1 amide bonds. The van der Waals surface area contributed by atoms with Crippen LogP contribution in [0.4, 0.5) is 4.39 Å². The highest BCUT2D eigenvalue weighted by Gasteiger charge is 2.38. The largest absolute Gasteiger partial charge is 0.469 e. The average Bonchev–Trinajstić information content (AvgIpc) is 3.68. The molecule has 2 aromatic heterocycles. The van der Waals surface area contributed by atoms with Gasteiger partial charge in [0.05, 0.1) is 43.5 Å². The van der Waals surface area contributed by atoms with Crippen molar-refractivity contribution in [3.8, 4) is 0 Å². The number of nitrogens with zero attached hydrogens (tertiary/aromatic N) is 2. The molecule has 3 heterocycles. The second kappa shape index (κ2) is 9.77. The fraction of sp³-hybridized carbons (Fsp3) is 0.520. The number of esters is 1. The lowest BCUT2D eigenvalue weighted by Gasteiger charge is -2.22. The molecule has 186 valence electrons. The van der Waals surface area contributed by atoms with Gasteiger partial charge in [0.2, 0.25) is 0 Å². The van der Waals surface area contributed by atoms with Crippen molar-refractivity contribution >= 4 is 22.9 Å². The fourth-order valence-corrected chi connectivity index (χ4v) is 5.37. The lowest BCUT2D eigenvalue weighted by molar-refractivity contribution is -0.145. The number of hydrogen-bond acceptors (Lipinski definition) is 7. The molecule has 2 N–H and O–H groups in total. The summed E-state index contributed by atoms with van der Waals surface area (Å²) >= 11 is 0. The predicted molar refractivity (Wildman–Crippen MR) is 123 cm³/mol. The van der Waals surface area contributed by atoms with Crippen LogP contribution in [-0.4, -0.2) is 47.3 Å². The van der Waals surface area contributed by atoms with Crippen LogP contribution < -0.4 is 5.32 Å². The van der Waals surface area contributed by atoms with Gasteiger partial charge in [-0.05, 0) is 36.8 Å². The van der Waals surface area contributed by atoms with Gasteiger partial charge < -0.3 is 24.3 Å². The number of rotatable bonds is 7. The first kappa shape index (κ1) is 23.5. The van der Waals surface area contributed by atoms with E-state index in [1.807, 2.05) is 6.92 Å².